The Morgan fingerprint density at radius 2 is 1.20 bits per heavy atom. The van der Waals surface area contributed by atoms with E-state index < -0.39 is 132 Å². The van der Waals surface area contributed by atoms with E-state index in [2.05, 4.69) is 87.7 Å². The second kappa shape index (κ2) is 33.0. The molecule has 4 aromatic rings. The Bertz CT molecular complexity index is 3010. The van der Waals surface area contributed by atoms with E-state index in [-0.39, 0.29) is 68.5 Å². The summed E-state index contributed by atoms with van der Waals surface area (Å²) in [6, 6.07) is 2.48. The average Bonchev–Trinajstić information content (AvgIpc) is 4.15. The summed E-state index contributed by atoms with van der Waals surface area (Å²) in [6.45, 7) is 5.32. The molecule has 30 heteroatoms. The van der Waals surface area contributed by atoms with Gasteiger partial charge in [-0.1, -0.05) is 82.1 Å². The van der Waals surface area contributed by atoms with Crippen LogP contribution < -0.4 is 59.7 Å². The molecule has 11 amide bonds. The van der Waals surface area contributed by atoms with Gasteiger partial charge in [-0.15, -0.1) is 0 Å². The number of imidazole rings is 1. The summed E-state index contributed by atoms with van der Waals surface area (Å²) in [5.74, 6) is -10.3. The fourth-order valence-electron chi connectivity index (χ4n) is 9.26. The van der Waals surface area contributed by atoms with Gasteiger partial charge in [-0.25, -0.2) is 14.7 Å². The van der Waals surface area contributed by atoms with Crippen LogP contribution in [0.5, 0.6) is 0 Å². The third-order valence-corrected chi connectivity index (χ3v) is 14.6. The number of fused-ring (bicyclic) bond motifs is 1. The number of primary amides is 1. The van der Waals surface area contributed by atoms with Gasteiger partial charge >= 0.3 is 12.0 Å². The fourth-order valence-corrected chi connectivity index (χ4v) is 9.79. The molecule has 9 atom stereocenters. The standard InChI is InChI=1S/C55H76N16O12S2/c1-4-5-17-42(71-53(82)44(29(2)3)70-55(71)83)52(81)69-41(27-85)51(80)64-36(18-19-43(72)73)47(76)67-39(23-32-25-59-28-62-32)50(79)65-37(21-30-12-7-6-8-13-30)48(77)63-35(16-11-20-60-54(57)58)46(75)66-38(49(78)68-40(26-84)45(56)74)22-31-24-61-34-15-10-9-14-33(31)34/h6-10,12-15,24-25,28-29,35-42,44,61,84-85H,4-5,11,16-23,26-27H2,1-3H3,(H2,56,74)(H,59,62)(H,63,77)(H,64,80)(H,65,79)(H,66,75)(H,67,76)(H,68,78)(H,69,81)(H,70,83)(H,72,73)(H4,57,58,60)/t35-,36+,37-,38+,39-,40-,41-,42+,44+/m1/s1. The van der Waals surface area contributed by atoms with Crippen molar-refractivity contribution in [1.29, 1.82) is 0 Å². The molecule has 1 fully saturated rings. The quantitative estimate of drug-likeness (QED) is 0.00838. The van der Waals surface area contributed by atoms with Crippen molar-refractivity contribution in [3.63, 3.8) is 0 Å². The molecule has 0 radical (unpaired) electrons. The van der Waals surface area contributed by atoms with Crippen LogP contribution in [0.1, 0.15) is 82.5 Å². The number of hydrogen-bond acceptors (Lipinski definition) is 15. The highest BCUT2D eigenvalue weighted by atomic mass is 32.1. The lowest BCUT2D eigenvalue weighted by atomic mass is 10.0. The number of carbonyl (C=O) groups excluding carboxylic acids is 10. The van der Waals surface area contributed by atoms with E-state index in [0.717, 1.165) is 15.8 Å². The zero-order valence-corrected chi connectivity index (χ0v) is 49.1. The Balaban J connectivity index is 1.42. The van der Waals surface area contributed by atoms with E-state index in [1.165, 1.54) is 12.5 Å². The van der Waals surface area contributed by atoms with Crippen molar-refractivity contribution in [3.8, 4) is 0 Å². The maximum atomic E-state index is 14.8. The third-order valence-electron chi connectivity index (χ3n) is 13.9. The minimum Gasteiger partial charge on any atom is -0.481 e. The van der Waals surface area contributed by atoms with Crippen LogP contribution in [0.15, 0.2) is 78.3 Å². The lowest BCUT2D eigenvalue weighted by Crippen LogP contribution is -2.61. The molecule has 17 N–H and O–H groups in total. The number of hydrogen-bond donors (Lipinski definition) is 16. The number of nitrogens with two attached hydrogens (primary N) is 3. The van der Waals surface area contributed by atoms with E-state index in [9.17, 15) is 57.8 Å². The predicted octanol–water partition coefficient (Wildman–Crippen LogP) is -1.29. The normalized spacial score (nSPS) is 15.8. The number of carbonyl (C=O) groups is 11. The Morgan fingerprint density at radius 3 is 1.75 bits per heavy atom. The first-order chi connectivity index (χ1) is 40.5. The van der Waals surface area contributed by atoms with Crippen molar-refractivity contribution in [2.75, 3.05) is 18.1 Å². The summed E-state index contributed by atoms with van der Waals surface area (Å²) >= 11 is 8.41. The highest BCUT2D eigenvalue weighted by Crippen LogP contribution is 2.22. The number of unbranched alkanes of at least 4 members (excludes halogenated alkanes) is 1. The Hall–Kier alpha value is -8.67. The number of aliphatic carboxylic acids is 1. The maximum Gasteiger partial charge on any atom is 0.325 e. The Kier molecular flexibility index (Phi) is 26.0. The van der Waals surface area contributed by atoms with Crippen LogP contribution in [0, 0.1) is 5.92 Å². The number of carboxylic acids is 1. The number of thiol groups is 2. The second-order valence-corrected chi connectivity index (χ2v) is 21.4. The van der Waals surface area contributed by atoms with Crippen LogP contribution in [-0.4, -0.2) is 169 Å². The molecule has 0 aliphatic carbocycles. The van der Waals surface area contributed by atoms with Gasteiger partial charge in [0, 0.05) is 72.7 Å². The van der Waals surface area contributed by atoms with Crippen molar-refractivity contribution in [1.82, 2.24) is 62.4 Å². The smallest absolute Gasteiger partial charge is 0.325 e. The number of aliphatic imine (C=N–C) groups is 1. The molecule has 85 heavy (non-hydrogen) atoms. The molecule has 2 aromatic heterocycles. The number of rotatable bonds is 35. The summed E-state index contributed by atoms with van der Waals surface area (Å²) < 4.78 is 0. The van der Waals surface area contributed by atoms with Crippen LogP contribution in [-0.2, 0) is 67.2 Å². The molecule has 0 spiro atoms. The Morgan fingerprint density at radius 1 is 0.659 bits per heavy atom. The number of H-pyrrole nitrogens is 2. The van der Waals surface area contributed by atoms with Crippen LogP contribution >= 0.6 is 25.3 Å². The Labute approximate surface area is 501 Å². The third kappa shape index (κ3) is 20.0. The molecule has 1 aliphatic rings. The molecule has 460 valence electrons. The van der Waals surface area contributed by atoms with Gasteiger partial charge in [0.1, 0.15) is 54.4 Å². The number of nitrogens with zero attached hydrogens (tertiary/aromatic N) is 3. The SMILES string of the molecule is CCCC[C@@H](C(=O)N[C@H](CS)C(=O)N[C@@H](CCC(=O)O)C(=O)N[C@H](Cc1cnc[nH]1)C(=O)N[C@H](Cc1ccccc1)C(=O)N[C@H](CCCN=C(N)N)C(=O)N[C@@H](Cc1c[nH]c2ccccc12)C(=O)N[C@H](CS)C(N)=O)N1C(=O)N[C@@H](C(C)C)C1=O. The van der Waals surface area contributed by atoms with E-state index in [4.69, 9.17) is 17.2 Å². The first-order valence-electron chi connectivity index (χ1n) is 27.7. The van der Waals surface area contributed by atoms with Crippen LogP contribution in [0.3, 0.4) is 0 Å². The summed E-state index contributed by atoms with van der Waals surface area (Å²) in [7, 11) is 0. The molecule has 0 saturated carbocycles. The number of imide groups is 1. The first-order valence-corrected chi connectivity index (χ1v) is 28.9. The first kappa shape index (κ1) is 67.1. The topological polar surface area (TPSA) is 442 Å². The number of aromatic amines is 2. The molecular weight excluding hydrogens is 1140 g/mol. The zero-order chi connectivity index (χ0) is 62.3. The van der Waals surface area contributed by atoms with Gasteiger partial charge in [0.2, 0.25) is 47.3 Å². The van der Waals surface area contributed by atoms with Crippen molar-refractivity contribution in [2.24, 2.45) is 28.1 Å². The van der Waals surface area contributed by atoms with Gasteiger partial charge in [0.05, 0.1) is 6.33 Å². The number of guanidine groups is 1. The van der Waals surface area contributed by atoms with Gasteiger partial charge in [-0.3, -0.25) is 52.9 Å². The second-order valence-electron chi connectivity index (χ2n) is 20.6. The molecule has 1 aliphatic heterocycles. The summed E-state index contributed by atoms with van der Waals surface area (Å²) in [5, 5.41) is 31.3. The number of urea groups is 1. The highest BCUT2D eigenvalue weighted by molar-refractivity contribution is 7.80. The van der Waals surface area contributed by atoms with E-state index in [1.54, 1.807) is 56.4 Å². The summed E-state index contributed by atoms with van der Waals surface area (Å²) in [5.41, 5.74) is 18.9. The molecule has 3 heterocycles. The number of carboxylic acid groups (broad SMARTS) is 1. The molecule has 28 nitrogen and oxygen atoms in total. The van der Waals surface area contributed by atoms with Gasteiger partial charge in [0.25, 0.3) is 5.91 Å². The van der Waals surface area contributed by atoms with Crippen molar-refractivity contribution >= 4 is 107 Å². The summed E-state index contributed by atoms with van der Waals surface area (Å²) in [6.07, 6.45) is 3.66. The molecule has 5 rings (SSSR count). The molecule has 2 aromatic carbocycles. The zero-order valence-electron chi connectivity index (χ0n) is 47.3. The van der Waals surface area contributed by atoms with E-state index in [1.807, 2.05) is 25.1 Å². The molecular formula is C55H76N16O12S2. The number of para-hydroxylation sites is 1. The van der Waals surface area contributed by atoms with Crippen molar-refractivity contribution < 1.29 is 57.8 Å². The molecule has 0 unspecified atom stereocenters. The summed E-state index contributed by atoms with van der Waals surface area (Å²) in [4.78, 5) is 166. The number of amides is 11. The van der Waals surface area contributed by atoms with E-state index in [0.29, 0.717) is 29.7 Å². The fraction of sp³-hybridized carbons (Fsp3) is 0.473. The van der Waals surface area contributed by atoms with Crippen LogP contribution in [0.25, 0.3) is 10.9 Å². The molecule has 1 saturated heterocycles. The number of nitrogens with one attached hydrogen (secondary N) is 10. The van der Waals surface area contributed by atoms with Crippen LogP contribution in [0.2, 0.25) is 0 Å². The average molecular weight is 1220 g/mol. The van der Waals surface area contributed by atoms with Crippen molar-refractivity contribution in [2.45, 2.75) is 139 Å². The maximum absolute atomic E-state index is 14.8. The van der Waals surface area contributed by atoms with Gasteiger partial charge in [-0.2, -0.15) is 25.3 Å². The van der Waals surface area contributed by atoms with Gasteiger partial charge < -0.3 is 74.8 Å². The lowest BCUT2D eigenvalue weighted by molar-refractivity contribution is -0.139. The minimum atomic E-state index is -1.67. The monoisotopic (exact) mass is 1220 g/mol. The van der Waals surface area contributed by atoms with Gasteiger partial charge in [-0.05, 0) is 48.8 Å². The van der Waals surface area contributed by atoms with Crippen LogP contribution in [0.4, 0.5) is 4.79 Å². The largest absolute Gasteiger partial charge is 0.481 e. The lowest BCUT2D eigenvalue weighted by Gasteiger charge is -2.28. The molecule has 0 bridgehead atoms. The number of aromatic nitrogens is 3. The predicted molar refractivity (Wildman–Crippen MR) is 319 cm³/mol. The highest BCUT2D eigenvalue weighted by Gasteiger charge is 2.46. The number of benzene rings is 2. The minimum absolute atomic E-state index is 0.0138. The van der Waals surface area contributed by atoms with E-state index >= 15 is 0 Å². The van der Waals surface area contributed by atoms with Gasteiger partial charge in [0.15, 0.2) is 5.96 Å². The van der Waals surface area contributed by atoms with Crippen molar-refractivity contribution in [3.05, 3.63) is 90.1 Å².